The van der Waals surface area contributed by atoms with Crippen molar-refractivity contribution in [3.05, 3.63) is 24.3 Å². The molecule has 1 amide bonds. The third-order valence-corrected chi connectivity index (χ3v) is 6.49. The maximum absolute atomic E-state index is 13.3. The minimum atomic E-state index is -0.975. The molecule has 3 aliphatic rings. The Kier molecular flexibility index (Phi) is 5.44. The summed E-state index contributed by atoms with van der Waals surface area (Å²) >= 11 is 5.55. The van der Waals surface area contributed by atoms with Gasteiger partial charge in [0.05, 0.1) is 31.2 Å². The molecular formula is C20H27N3O4S. The van der Waals surface area contributed by atoms with E-state index in [-0.39, 0.29) is 18.4 Å². The smallest absolute Gasteiger partial charge is 0.227 e. The van der Waals surface area contributed by atoms with Gasteiger partial charge in [-0.2, -0.15) is 0 Å². The van der Waals surface area contributed by atoms with Crippen LogP contribution in [-0.4, -0.2) is 70.6 Å². The van der Waals surface area contributed by atoms with Gasteiger partial charge in [-0.15, -0.1) is 0 Å². The molecule has 2 aliphatic heterocycles. The third kappa shape index (κ3) is 3.33. The van der Waals surface area contributed by atoms with Gasteiger partial charge in [-0.25, -0.2) is 0 Å². The number of nitrogens with one attached hydrogen (secondary N) is 1. The molecule has 1 aromatic rings. The fourth-order valence-electron chi connectivity index (χ4n) is 4.72. The minimum absolute atomic E-state index is 0.0469. The van der Waals surface area contributed by atoms with Gasteiger partial charge in [-0.1, -0.05) is 0 Å². The molecule has 3 N–H and O–H groups in total. The number of fused-ring (bicyclic) bond motifs is 1. The molecule has 1 aromatic carbocycles. The molecule has 0 bridgehead atoms. The standard InChI is InChI=1S/C20H27N3O4S/c1-27-13-7-5-12(6-8-13)23-17-14(19(26)22-9-3-2-4-10-22)11-15(24)18(25)16(17)21-20(23)28/h5-8,14-18,24-25H,2-4,9-11H2,1H3,(H,21,28)/t14-,15-,16-,17-,18+/m1/s1. The lowest BCUT2D eigenvalue weighted by Gasteiger charge is -2.43. The van der Waals surface area contributed by atoms with E-state index < -0.39 is 24.2 Å². The van der Waals surface area contributed by atoms with E-state index in [1.54, 1.807) is 7.11 Å². The summed E-state index contributed by atoms with van der Waals surface area (Å²) in [5.41, 5.74) is 0.839. The van der Waals surface area contributed by atoms with E-state index in [0.717, 1.165) is 43.8 Å². The van der Waals surface area contributed by atoms with Crippen molar-refractivity contribution in [1.29, 1.82) is 0 Å². The van der Waals surface area contributed by atoms with Crippen LogP contribution in [0.5, 0.6) is 5.75 Å². The highest BCUT2D eigenvalue weighted by Crippen LogP contribution is 2.38. The number of hydrogen-bond acceptors (Lipinski definition) is 5. The Balaban J connectivity index is 1.67. The molecule has 8 heteroatoms. The second-order valence-corrected chi connectivity index (χ2v) is 8.21. The second kappa shape index (κ2) is 7.85. The molecule has 4 rings (SSSR count). The van der Waals surface area contributed by atoms with Crippen molar-refractivity contribution >= 4 is 28.9 Å². The number of ether oxygens (including phenoxy) is 1. The van der Waals surface area contributed by atoms with Gasteiger partial charge in [0.2, 0.25) is 5.91 Å². The number of methoxy groups -OCH3 is 1. The van der Waals surface area contributed by atoms with Crippen LogP contribution in [0, 0.1) is 5.92 Å². The molecule has 152 valence electrons. The van der Waals surface area contributed by atoms with E-state index in [4.69, 9.17) is 17.0 Å². The number of nitrogens with zero attached hydrogens (tertiary/aromatic N) is 2. The number of thiocarbonyl (C=S) groups is 1. The minimum Gasteiger partial charge on any atom is -0.497 e. The normalized spacial score (nSPS) is 32.7. The first-order valence-corrected chi connectivity index (χ1v) is 10.3. The number of carbonyl (C=O) groups is 1. The number of piperidine rings is 1. The van der Waals surface area contributed by atoms with Crippen molar-refractivity contribution in [2.75, 3.05) is 25.1 Å². The number of rotatable bonds is 3. The maximum atomic E-state index is 13.3. The molecule has 28 heavy (non-hydrogen) atoms. The average molecular weight is 406 g/mol. The highest BCUT2D eigenvalue weighted by atomic mass is 32.1. The summed E-state index contributed by atoms with van der Waals surface area (Å²) in [4.78, 5) is 17.2. The largest absolute Gasteiger partial charge is 0.497 e. The number of benzene rings is 1. The topological polar surface area (TPSA) is 85.3 Å². The fourth-order valence-corrected chi connectivity index (χ4v) is 5.08. The van der Waals surface area contributed by atoms with E-state index in [1.165, 1.54) is 0 Å². The molecular weight excluding hydrogens is 378 g/mol. The van der Waals surface area contributed by atoms with Crippen LogP contribution >= 0.6 is 12.2 Å². The summed E-state index contributed by atoms with van der Waals surface area (Å²) in [6.45, 7) is 1.51. The molecule has 1 aliphatic carbocycles. The van der Waals surface area contributed by atoms with Crippen molar-refractivity contribution < 1.29 is 19.7 Å². The number of hydrogen-bond donors (Lipinski definition) is 3. The average Bonchev–Trinajstić information content (AvgIpc) is 3.08. The van der Waals surface area contributed by atoms with Crippen molar-refractivity contribution in [2.24, 2.45) is 5.92 Å². The second-order valence-electron chi connectivity index (χ2n) is 7.82. The van der Waals surface area contributed by atoms with Gasteiger partial charge in [0.25, 0.3) is 0 Å². The summed E-state index contributed by atoms with van der Waals surface area (Å²) in [6.07, 6.45) is 1.47. The molecule has 3 fully saturated rings. The number of amides is 1. The van der Waals surface area contributed by atoms with Crippen LogP contribution in [0.2, 0.25) is 0 Å². The molecule has 1 saturated carbocycles. The first-order valence-electron chi connectivity index (χ1n) is 9.90. The monoisotopic (exact) mass is 405 g/mol. The lowest BCUT2D eigenvalue weighted by molar-refractivity contribution is -0.142. The number of aliphatic hydroxyl groups is 2. The van der Waals surface area contributed by atoms with Crippen molar-refractivity contribution in [3.8, 4) is 5.75 Å². The van der Waals surface area contributed by atoms with Gasteiger partial charge in [0, 0.05) is 18.8 Å². The van der Waals surface area contributed by atoms with Crippen LogP contribution < -0.4 is 15.0 Å². The lowest BCUT2D eigenvalue weighted by Crippen LogP contribution is -2.61. The zero-order valence-corrected chi connectivity index (χ0v) is 16.8. The summed E-state index contributed by atoms with van der Waals surface area (Å²) in [5.74, 6) is 0.348. The zero-order valence-electron chi connectivity index (χ0n) is 16.0. The van der Waals surface area contributed by atoms with Gasteiger partial charge in [-0.3, -0.25) is 4.79 Å². The molecule has 7 nitrogen and oxygen atoms in total. The summed E-state index contributed by atoms with van der Waals surface area (Å²) < 4.78 is 5.23. The maximum Gasteiger partial charge on any atom is 0.227 e. The predicted molar refractivity (Wildman–Crippen MR) is 109 cm³/mol. The van der Waals surface area contributed by atoms with Crippen molar-refractivity contribution in [3.63, 3.8) is 0 Å². The van der Waals surface area contributed by atoms with E-state index in [0.29, 0.717) is 5.11 Å². The van der Waals surface area contributed by atoms with Crippen LogP contribution in [0.15, 0.2) is 24.3 Å². The lowest BCUT2D eigenvalue weighted by atomic mass is 9.76. The van der Waals surface area contributed by atoms with Crippen LogP contribution in [0.1, 0.15) is 25.7 Å². The van der Waals surface area contributed by atoms with Gasteiger partial charge >= 0.3 is 0 Å². The molecule has 5 atom stereocenters. The Morgan fingerprint density at radius 1 is 1.18 bits per heavy atom. The van der Waals surface area contributed by atoms with E-state index in [9.17, 15) is 15.0 Å². The summed E-state index contributed by atoms with van der Waals surface area (Å²) in [5, 5.41) is 24.6. The van der Waals surface area contributed by atoms with E-state index in [2.05, 4.69) is 5.32 Å². The van der Waals surface area contributed by atoms with E-state index in [1.807, 2.05) is 34.1 Å². The Bertz CT molecular complexity index is 737. The van der Waals surface area contributed by atoms with Crippen molar-refractivity contribution in [1.82, 2.24) is 10.2 Å². The van der Waals surface area contributed by atoms with Crippen LogP contribution in [0.25, 0.3) is 0 Å². The third-order valence-electron chi connectivity index (χ3n) is 6.18. The molecule has 0 radical (unpaired) electrons. The Morgan fingerprint density at radius 2 is 1.86 bits per heavy atom. The number of carbonyl (C=O) groups excluding carboxylic acids is 1. The number of anilines is 1. The molecule has 0 aromatic heterocycles. The van der Waals surface area contributed by atoms with Crippen LogP contribution in [0.4, 0.5) is 5.69 Å². The van der Waals surface area contributed by atoms with Crippen LogP contribution in [-0.2, 0) is 4.79 Å². The first-order chi connectivity index (χ1) is 13.5. The molecule has 2 heterocycles. The van der Waals surface area contributed by atoms with Crippen molar-refractivity contribution in [2.45, 2.75) is 50.0 Å². The van der Waals surface area contributed by atoms with E-state index >= 15 is 0 Å². The Morgan fingerprint density at radius 3 is 2.50 bits per heavy atom. The Hall–Kier alpha value is -1.90. The number of likely N-dealkylation sites (tertiary alicyclic amines) is 1. The molecule has 0 unspecified atom stereocenters. The highest BCUT2D eigenvalue weighted by Gasteiger charge is 2.54. The van der Waals surface area contributed by atoms with Gasteiger partial charge < -0.3 is 30.1 Å². The number of aliphatic hydroxyl groups excluding tert-OH is 2. The molecule has 2 saturated heterocycles. The molecule has 0 spiro atoms. The first kappa shape index (κ1) is 19.4. The van der Waals surface area contributed by atoms with Crippen LogP contribution in [0.3, 0.4) is 0 Å². The van der Waals surface area contributed by atoms with Gasteiger partial charge in [0.15, 0.2) is 5.11 Å². The fraction of sp³-hybridized carbons (Fsp3) is 0.600. The quantitative estimate of drug-likeness (QED) is 0.644. The SMILES string of the molecule is COc1ccc(N2C(=S)N[C@H]3[C@@H](O)[C@H](O)C[C@@H](C(=O)N4CCCCC4)[C@H]32)cc1. The predicted octanol–water partition coefficient (Wildman–Crippen LogP) is 0.881. The summed E-state index contributed by atoms with van der Waals surface area (Å²) in [6, 6.07) is 6.66. The van der Waals surface area contributed by atoms with Gasteiger partial charge in [-0.05, 0) is 62.2 Å². The zero-order chi connectivity index (χ0) is 19.8. The Labute approximate surface area is 170 Å². The highest BCUT2D eigenvalue weighted by molar-refractivity contribution is 7.80. The van der Waals surface area contributed by atoms with Gasteiger partial charge in [0.1, 0.15) is 11.9 Å². The summed E-state index contributed by atoms with van der Waals surface area (Å²) in [7, 11) is 1.61.